The maximum absolute atomic E-state index is 12.8. The molecule has 1 aliphatic rings. The quantitative estimate of drug-likeness (QED) is 0.807. The molecular formula is C16H23ClN4O+2. The van der Waals surface area contributed by atoms with Crippen LogP contribution in [0.3, 0.4) is 0 Å². The number of hydrogen-bond acceptors (Lipinski definition) is 2. The molecule has 0 radical (unpaired) electrons. The molecule has 0 bridgehead atoms. The average molecular weight is 323 g/mol. The highest BCUT2D eigenvalue weighted by atomic mass is 35.5. The number of nitrogens with two attached hydrogens (primary N) is 1. The van der Waals surface area contributed by atoms with E-state index in [1.807, 2.05) is 13.0 Å². The lowest BCUT2D eigenvalue weighted by Gasteiger charge is -2.28. The second-order valence-corrected chi connectivity index (χ2v) is 6.36. The van der Waals surface area contributed by atoms with Gasteiger partial charge in [-0.3, -0.25) is 9.36 Å². The molecule has 1 fully saturated rings. The zero-order valence-electron chi connectivity index (χ0n) is 13.1. The Bertz CT molecular complexity index is 737. The Balaban J connectivity index is 2.12. The van der Waals surface area contributed by atoms with Crippen LogP contribution in [-0.4, -0.2) is 35.7 Å². The molecule has 0 saturated carbocycles. The smallest absolute Gasteiger partial charge is 0.261 e. The molecule has 2 aromatic rings. The summed E-state index contributed by atoms with van der Waals surface area (Å²) in [5, 5.41) is 3.53. The Labute approximate surface area is 134 Å². The lowest BCUT2D eigenvalue weighted by atomic mass is 10.2. The number of benzene rings is 1. The molecule has 0 unspecified atom stereocenters. The van der Waals surface area contributed by atoms with Gasteiger partial charge in [0.15, 0.2) is 5.82 Å². The summed E-state index contributed by atoms with van der Waals surface area (Å²) in [6, 6.07) is 5.58. The van der Waals surface area contributed by atoms with Crippen molar-refractivity contribution in [2.75, 3.05) is 26.2 Å². The number of fused-ring (bicyclic) bond motifs is 1. The first kappa shape index (κ1) is 15.5. The molecule has 0 amide bonds. The van der Waals surface area contributed by atoms with Crippen molar-refractivity contribution in [1.29, 1.82) is 0 Å². The van der Waals surface area contributed by atoms with Crippen molar-refractivity contribution in [3.63, 3.8) is 0 Å². The molecule has 1 atom stereocenters. The summed E-state index contributed by atoms with van der Waals surface area (Å²) in [5.74, 6) is 0.888. The zero-order valence-corrected chi connectivity index (χ0v) is 13.9. The number of halogens is 1. The van der Waals surface area contributed by atoms with Crippen LogP contribution in [-0.2, 0) is 6.54 Å². The van der Waals surface area contributed by atoms with Crippen molar-refractivity contribution in [2.45, 2.75) is 26.4 Å². The molecule has 3 N–H and O–H groups in total. The first-order valence-corrected chi connectivity index (χ1v) is 8.36. The zero-order chi connectivity index (χ0) is 15.7. The Hall–Kier alpha value is -1.43. The van der Waals surface area contributed by atoms with Gasteiger partial charge in [-0.1, -0.05) is 11.6 Å². The van der Waals surface area contributed by atoms with Crippen LogP contribution in [0, 0.1) is 0 Å². The monoisotopic (exact) mass is 322 g/mol. The Morgan fingerprint density at radius 2 is 2.14 bits per heavy atom. The number of rotatable bonds is 3. The van der Waals surface area contributed by atoms with E-state index >= 15 is 0 Å². The Morgan fingerprint density at radius 1 is 1.41 bits per heavy atom. The summed E-state index contributed by atoms with van der Waals surface area (Å²) >= 11 is 6.03. The van der Waals surface area contributed by atoms with Gasteiger partial charge >= 0.3 is 0 Å². The molecule has 0 aliphatic carbocycles. The summed E-state index contributed by atoms with van der Waals surface area (Å²) in [6.45, 7) is 9.30. The first-order chi connectivity index (χ1) is 10.6. The van der Waals surface area contributed by atoms with E-state index in [2.05, 4.69) is 12.2 Å². The van der Waals surface area contributed by atoms with Crippen molar-refractivity contribution in [2.24, 2.45) is 0 Å². The van der Waals surface area contributed by atoms with Crippen LogP contribution in [0.2, 0.25) is 5.02 Å². The SMILES string of the molecule is CCn1c([C@@H](C)[NH+]2CC[NH2+]CC2)nc2ccc(Cl)cc2c1=O. The summed E-state index contributed by atoms with van der Waals surface area (Å²) in [6.07, 6.45) is 0. The van der Waals surface area contributed by atoms with Crippen LogP contribution in [0.4, 0.5) is 0 Å². The van der Waals surface area contributed by atoms with Crippen LogP contribution in [0.1, 0.15) is 25.7 Å². The fourth-order valence-electron chi connectivity index (χ4n) is 3.31. The molecule has 5 nitrogen and oxygen atoms in total. The van der Waals surface area contributed by atoms with Crippen molar-refractivity contribution >= 4 is 22.5 Å². The third-order valence-corrected chi connectivity index (χ3v) is 4.84. The van der Waals surface area contributed by atoms with E-state index < -0.39 is 0 Å². The maximum Gasteiger partial charge on any atom is 0.261 e. The molecule has 2 heterocycles. The highest BCUT2D eigenvalue weighted by Gasteiger charge is 2.27. The summed E-state index contributed by atoms with van der Waals surface area (Å²) in [7, 11) is 0. The number of nitrogens with zero attached hydrogens (tertiary/aromatic N) is 2. The minimum atomic E-state index is 0.0137. The van der Waals surface area contributed by atoms with Crippen LogP contribution in [0.25, 0.3) is 10.9 Å². The van der Waals surface area contributed by atoms with E-state index in [1.54, 1.807) is 16.7 Å². The van der Waals surface area contributed by atoms with Gasteiger partial charge in [-0.25, -0.2) is 4.98 Å². The number of piperazine rings is 1. The minimum absolute atomic E-state index is 0.0137. The van der Waals surface area contributed by atoms with Gasteiger partial charge in [0, 0.05) is 11.6 Å². The molecule has 1 aliphatic heterocycles. The number of nitrogens with one attached hydrogen (secondary N) is 1. The van der Waals surface area contributed by atoms with Crippen LogP contribution in [0.5, 0.6) is 0 Å². The molecule has 6 heteroatoms. The fourth-order valence-corrected chi connectivity index (χ4v) is 3.48. The highest BCUT2D eigenvalue weighted by molar-refractivity contribution is 6.31. The topological polar surface area (TPSA) is 55.9 Å². The normalized spacial score (nSPS) is 17.8. The standard InChI is InChI=1S/C16H21ClN4O/c1-3-21-15(11(2)20-8-6-18-7-9-20)19-14-5-4-12(17)10-13(14)16(21)22/h4-5,10-11,18H,3,6-9H2,1-2H3/p+2/t11-/m1/s1. The Morgan fingerprint density at radius 3 is 2.82 bits per heavy atom. The lowest BCUT2D eigenvalue weighted by Crippen LogP contribution is -3.20. The summed E-state index contributed by atoms with van der Waals surface area (Å²) in [4.78, 5) is 19.1. The Kier molecular flexibility index (Phi) is 4.47. The molecule has 1 aromatic heterocycles. The summed E-state index contributed by atoms with van der Waals surface area (Å²) in [5.41, 5.74) is 0.753. The molecule has 0 spiro atoms. The van der Waals surface area contributed by atoms with E-state index in [0.717, 1.165) is 37.5 Å². The van der Waals surface area contributed by atoms with E-state index in [-0.39, 0.29) is 11.6 Å². The second kappa shape index (κ2) is 6.36. The van der Waals surface area contributed by atoms with Gasteiger partial charge in [0.25, 0.3) is 5.56 Å². The molecule has 1 aromatic carbocycles. The molecular weight excluding hydrogens is 300 g/mol. The molecule has 1 saturated heterocycles. The van der Waals surface area contributed by atoms with Gasteiger partial charge in [-0.2, -0.15) is 0 Å². The fraction of sp³-hybridized carbons (Fsp3) is 0.500. The van der Waals surface area contributed by atoms with Gasteiger partial charge in [-0.05, 0) is 32.0 Å². The maximum atomic E-state index is 12.8. The molecule has 22 heavy (non-hydrogen) atoms. The van der Waals surface area contributed by atoms with Crippen molar-refractivity contribution < 1.29 is 10.2 Å². The predicted molar refractivity (Wildman–Crippen MR) is 87.5 cm³/mol. The van der Waals surface area contributed by atoms with Crippen LogP contribution >= 0.6 is 11.6 Å². The van der Waals surface area contributed by atoms with E-state index in [1.165, 1.54) is 4.90 Å². The minimum Gasteiger partial charge on any atom is -0.337 e. The third-order valence-electron chi connectivity index (χ3n) is 4.60. The average Bonchev–Trinajstić information content (AvgIpc) is 2.55. The van der Waals surface area contributed by atoms with E-state index in [0.29, 0.717) is 17.0 Å². The van der Waals surface area contributed by atoms with Crippen molar-refractivity contribution in [3.8, 4) is 0 Å². The van der Waals surface area contributed by atoms with Gasteiger partial charge in [-0.15, -0.1) is 0 Å². The van der Waals surface area contributed by atoms with Gasteiger partial charge in [0.1, 0.15) is 32.2 Å². The van der Waals surface area contributed by atoms with Crippen molar-refractivity contribution in [3.05, 3.63) is 39.4 Å². The summed E-state index contributed by atoms with van der Waals surface area (Å²) < 4.78 is 1.80. The second-order valence-electron chi connectivity index (χ2n) is 5.93. The number of aromatic nitrogens is 2. The van der Waals surface area contributed by atoms with Gasteiger partial charge in [0.2, 0.25) is 0 Å². The van der Waals surface area contributed by atoms with Crippen LogP contribution in [0.15, 0.2) is 23.0 Å². The number of quaternary nitrogens is 2. The molecule has 118 valence electrons. The predicted octanol–water partition coefficient (Wildman–Crippen LogP) is -0.407. The van der Waals surface area contributed by atoms with Crippen LogP contribution < -0.4 is 15.8 Å². The number of hydrogen-bond donors (Lipinski definition) is 2. The lowest BCUT2D eigenvalue weighted by molar-refractivity contribution is -0.971. The third kappa shape index (κ3) is 2.76. The molecule has 3 rings (SSSR count). The van der Waals surface area contributed by atoms with Gasteiger partial charge in [0.05, 0.1) is 10.9 Å². The van der Waals surface area contributed by atoms with Gasteiger partial charge < -0.3 is 10.2 Å². The first-order valence-electron chi connectivity index (χ1n) is 7.98. The van der Waals surface area contributed by atoms with Crippen molar-refractivity contribution in [1.82, 2.24) is 9.55 Å². The van der Waals surface area contributed by atoms with E-state index in [9.17, 15) is 4.79 Å². The largest absolute Gasteiger partial charge is 0.337 e. The highest BCUT2D eigenvalue weighted by Crippen LogP contribution is 2.17. The van der Waals surface area contributed by atoms with E-state index in [4.69, 9.17) is 16.6 Å².